The van der Waals surface area contributed by atoms with Crippen molar-refractivity contribution >= 4 is 22.6 Å². The largest absolute Gasteiger partial charge is 0.250 e. The van der Waals surface area contributed by atoms with Crippen molar-refractivity contribution in [3.05, 3.63) is 0 Å². The molecule has 0 saturated heterocycles. The molecule has 4 heteroatoms. The number of rotatable bonds is 5. The molecule has 0 aliphatic heterocycles. The van der Waals surface area contributed by atoms with Gasteiger partial charge in [-0.3, -0.25) is 13.2 Å². The quantitative estimate of drug-likeness (QED) is 0.530. The summed E-state index contributed by atoms with van der Waals surface area (Å²) in [6.45, 7) is -2.70. The Balaban J connectivity index is 3.87. The van der Waals surface area contributed by atoms with Crippen molar-refractivity contribution in [2.45, 2.75) is 6.42 Å². The zero-order chi connectivity index (χ0) is 8.04. The monoisotopic (exact) mass is 266 g/mol. The van der Waals surface area contributed by atoms with Gasteiger partial charge in [0.15, 0.2) is 0 Å². The Kier molecular flexibility index (Phi) is 5.48. The van der Waals surface area contributed by atoms with Gasteiger partial charge in [-0.25, -0.2) is 0 Å². The average Bonchev–Trinajstić information content (AvgIpc) is 2.01. The summed E-state index contributed by atoms with van der Waals surface area (Å²) in [5, 5.41) is 0. The molecule has 0 aliphatic rings. The topological polar surface area (TPSA) is 0 Å². The molecule has 0 unspecified atom stereocenters. The minimum Gasteiger partial charge on any atom is -0.250 e. The first-order valence-corrected chi connectivity index (χ1v) is 4.51. The molecule has 0 amide bonds. The summed E-state index contributed by atoms with van der Waals surface area (Å²) in [4.78, 5) is 0. The van der Waals surface area contributed by atoms with Gasteiger partial charge in [0.25, 0.3) is 0 Å². The summed E-state index contributed by atoms with van der Waals surface area (Å²) >= 11 is 1.98. The second-order valence-corrected chi connectivity index (χ2v) is 3.42. The zero-order valence-electron chi connectivity index (χ0n) is 5.55. The van der Waals surface area contributed by atoms with Crippen LogP contribution in [0.2, 0.25) is 0 Å². The van der Waals surface area contributed by atoms with Gasteiger partial charge < -0.3 is 0 Å². The molecular formula is C6H10F3I. The Hall–Kier alpha value is 0.520. The van der Waals surface area contributed by atoms with Gasteiger partial charge in [-0.15, -0.1) is 0 Å². The highest BCUT2D eigenvalue weighted by Crippen LogP contribution is 2.25. The van der Waals surface area contributed by atoms with Gasteiger partial charge in [0, 0.05) is 4.43 Å². The molecule has 0 spiro atoms. The molecule has 0 N–H and O–H groups in total. The van der Waals surface area contributed by atoms with E-state index >= 15 is 0 Å². The average molecular weight is 266 g/mol. The highest BCUT2D eigenvalue weighted by atomic mass is 127. The lowest BCUT2D eigenvalue weighted by Gasteiger charge is -2.22. The molecule has 0 aromatic rings. The maximum absolute atomic E-state index is 12.0. The van der Waals surface area contributed by atoms with Crippen molar-refractivity contribution in [2.75, 3.05) is 24.5 Å². The minimum atomic E-state index is -1.33. The van der Waals surface area contributed by atoms with E-state index in [1.807, 2.05) is 22.6 Å². The molecule has 0 saturated carbocycles. The Morgan fingerprint density at radius 3 is 1.50 bits per heavy atom. The van der Waals surface area contributed by atoms with Gasteiger partial charge in [0.2, 0.25) is 0 Å². The molecule has 0 atom stereocenters. The van der Waals surface area contributed by atoms with Crippen LogP contribution in [0.4, 0.5) is 13.2 Å². The number of hydrogen-bond donors (Lipinski definition) is 0. The van der Waals surface area contributed by atoms with Gasteiger partial charge >= 0.3 is 0 Å². The van der Waals surface area contributed by atoms with E-state index in [1.165, 1.54) is 0 Å². The molecule has 0 bridgehead atoms. The number of halogens is 4. The van der Waals surface area contributed by atoms with Crippen LogP contribution in [0, 0.1) is 5.41 Å². The summed E-state index contributed by atoms with van der Waals surface area (Å²) < 4.78 is 36.6. The minimum absolute atomic E-state index is 0.275. The fraction of sp³-hybridized carbons (Fsp3) is 1.00. The van der Waals surface area contributed by atoms with Crippen LogP contribution in [0.15, 0.2) is 0 Å². The molecule has 0 aromatic carbocycles. The summed E-state index contributed by atoms with van der Waals surface area (Å²) in [6, 6.07) is 0. The molecule has 0 aliphatic carbocycles. The summed E-state index contributed by atoms with van der Waals surface area (Å²) in [5.74, 6) is 0. The molecule has 0 radical (unpaired) electrons. The van der Waals surface area contributed by atoms with Crippen LogP contribution >= 0.6 is 22.6 Å². The second-order valence-electron chi connectivity index (χ2n) is 2.34. The van der Waals surface area contributed by atoms with Crippen LogP contribution in [-0.2, 0) is 0 Å². The normalized spacial score (nSPS) is 12.0. The van der Waals surface area contributed by atoms with E-state index in [0.29, 0.717) is 4.43 Å². The predicted octanol–water partition coefficient (Wildman–Crippen LogP) is 2.71. The standard InChI is InChI=1S/C6H10F3I/c7-3-6(4-8,5-9)1-2-10/h1-5H2. The second kappa shape index (κ2) is 5.21. The maximum atomic E-state index is 12.0. The van der Waals surface area contributed by atoms with E-state index in [2.05, 4.69) is 0 Å². The van der Waals surface area contributed by atoms with Crippen LogP contribution in [0.3, 0.4) is 0 Å². The van der Waals surface area contributed by atoms with E-state index in [4.69, 9.17) is 0 Å². The first-order chi connectivity index (χ1) is 4.74. The van der Waals surface area contributed by atoms with Crippen LogP contribution in [0.5, 0.6) is 0 Å². The van der Waals surface area contributed by atoms with E-state index in [-0.39, 0.29) is 6.42 Å². The number of alkyl halides is 4. The van der Waals surface area contributed by atoms with Crippen LogP contribution in [0.1, 0.15) is 6.42 Å². The Labute approximate surface area is 72.3 Å². The Morgan fingerprint density at radius 2 is 1.40 bits per heavy atom. The lowest BCUT2D eigenvalue weighted by molar-refractivity contribution is 0.110. The molecule has 10 heavy (non-hydrogen) atoms. The maximum Gasteiger partial charge on any atom is 0.100 e. The van der Waals surface area contributed by atoms with Crippen LogP contribution in [0.25, 0.3) is 0 Å². The fourth-order valence-electron chi connectivity index (χ4n) is 0.508. The Morgan fingerprint density at radius 1 is 1.00 bits per heavy atom. The fourth-order valence-corrected chi connectivity index (χ4v) is 1.65. The summed E-state index contributed by atoms with van der Waals surface area (Å²) in [7, 11) is 0. The van der Waals surface area contributed by atoms with Crippen molar-refractivity contribution in [2.24, 2.45) is 5.41 Å². The van der Waals surface area contributed by atoms with Crippen molar-refractivity contribution in [1.29, 1.82) is 0 Å². The Bertz CT molecular complexity index is 74.8. The highest BCUT2D eigenvalue weighted by Gasteiger charge is 2.29. The molecule has 0 aromatic heterocycles. The van der Waals surface area contributed by atoms with Crippen LogP contribution in [-0.4, -0.2) is 24.5 Å². The van der Waals surface area contributed by atoms with E-state index in [9.17, 15) is 13.2 Å². The molecule has 0 heterocycles. The molecule has 0 fully saturated rings. The summed E-state index contributed by atoms with van der Waals surface area (Å²) in [6.07, 6.45) is 0.275. The van der Waals surface area contributed by atoms with E-state index in [1.54, 1.807) is 0 Å². The molecule has 0 rings (SSSR count). The summed E-state index contributed by atoms with van der Waals surface area (Å²) in [5.41, 5.74) is -1.33. The smallest absolute Gasteiger partial charge is 0.100 e. The van der Waals surface area contributed by atoms with Gasteiger partial charge in [0.05, 0.1) is 5.41 Å². The van der Waals surface area contributed by atoms with E-state index in [0.717, 1.165) is 0 Å². The molecule has 0 nitrogen and oxygen atoms in total. The zero-order valence-corrected chi connectivity index (χ0v) is 7.70. The van der Waals surface area contributed by atoms with Crippen molar-refractivity contribution in [3.8, 4) is 0 Å². The van der Waals surface area contributed by atoms with E-state index < -0.39 is 25.4 Å². The van der Waals surface area contributed by atoms with Gasteiger partial charge in [-0.1, -0.05) is 22.6 Å². The van der Waals surface area contributed by atoms with Gasteiger partial charge in [-0.2, -0.15) is 0 Å². The van der Waals surface area contributed by atoms with Gasteiger partial charge in [-0.05, 0) is 6.42 Å². The lowest BCUT2D eigenvalue weighted by atomic mass is 9.90. The SMILES string of the molecule is FCC(CF)(CF)CCI. The highest BCUT2D eigenvalue weighted by molar-refractivity contribution is 14.1. The van der Waals surface area contributed by atoms with Crippen molar-refractivity contribution in [1.82, 2.24) is 0 Å². The van der Waals surface area contributed by atoms with Crippen molar-refractivity contribution < 1.29 is 13.2 Å². The lowest BCUT2D eigenvalue weighted by Crippen LogP contribution is -2.29. The van der Waals surface area contributed by atoms with Crippen molar-refractivity contribution in [3.63, 3.8) is 0 Å². The number of hydrogen-bond acceptors (Lipinski definition) is 0. The first-order valence-electron chi connectivity index (χ1n) is 2.98. The third-order valence-corrected chi connectivity index (χ3v) is 2.01. The predicted molar refractivity (Wildman–Crippen MR) is 43.9 cm³/mol. The molecule has 62 valence electrons. The third-order valence-electron chi connectivity index (χ3n) is 1.48. The first kappa shape index (κ1) is 10.5. The third kappa shape index (κ3) is 2.64. The van der Waals surface area contributed by atoms with Crippen LogP contribution < -0.4 is 0 Å². The molecular weight excluding hydrogens is 256 g/mol. The van der Waals surface area contributed by atoms with Gasteiger partial charge in [0.1, 0.15) is 20.0 Å².